The molecule has 7 saturated carbocycles. The van der Waals surface area contributed by atoms with E-state index >= 15 is 0 Å². The lowest BCUT2D eigenvalue weighted by Gasteiger charge is -2.52. The van der Waals surface area contributed by atoms with Crippen LogP contribution in [0.4, 0.5) is 0 Å². The molecule has 7 aliphatic rings. The molecule has 7 fully saturated rings. The quantitative estimate of drug-likeness (QED) is 0.588. The van der Waals surface area contributed by atoms with Gasteiger partial charge < -0.3 is 0 Å². The van der Waals surface area contributed by atoms with Gasteiger partial charge in [0.25, 0.3) is 0 Å². The van der Waals surface area contributed by atoms with Crippen LogP contribution in [0.5, 0.6) is 0 Å². The number of hydrogen-bond acceptors (Lipinski definition) is 0. The average molecular weight is 224 g/mol. The molecule has 0 aromatic rings. The molecule has 0 nitrogen and oxygen atoms in total. The fourth-order valence-corrected chi connectivity index (χ4v) is 9.70. The van der Waals surface area contributed by atoms with Gasteiger partial charge in [-0.1, -0.05) is 0 Å². The smallest absolute Gasteiger partial charge is 0.00262 e. The number of rotatable bonds is 0. The van der Waals surface area contributed by atoms with E-state index in [1.54, 1.807) is 51.4 Å². The van der Waals surface area contributed by atoms with Gasteiger partial charge in [-0.2, -0.15) is 0 Å². The van der Waals surface area contributed by atoms with Gasteiger partial charge in [-0.25, -0.2) is 0 Å². The van der Waals surface area contributed by atoms with Crippen LogP contribution in [0.15, 0.2) is 0 Å². The Bertz CT molecular complexity index is 414. The summed E-state index contributed by atoms with van der Waals surface area (Å²) in [6.07, 6.45) is 17.3. The lowest BCUT2D eigenvalue weighted by Crippen LogP contribution is -2.46. The van der Waals surface area contributed by atoms with Gasteiger partial charge in [0.1, 0.15) is 0 Å². The summed E-state index contributed by atoms with van der Waals surface area (Å²) in [7, 11) is 0. The second-order valence-corrected chi connectivity index (χ2v) is 9.13. The van der Waals surface area contributed by atoms with Crippen molar-refractivity contribution in [2.45, 2.75) is 51.4 Å². The summed E-state index contributed by atoms with van der Waals surface area (Å²) in [5.74, 6) is 4.54. The molecule has 88 valence electrons. The van der Waals surface area contributed by atoms with E-state index < -0.39 is 0 Å². The summed E-state index contributed by atoms with van der Waals surface area (Å²) < 4.78 is 0. The summed E-state index contributed by atoms with van der Waals surface area (Å²) in [4.78, 5) is 0. The second-order valence-electron chi connectivity index (χ2n) is 9.13. The van der Waals surface area contributed by atoms with E-state index in [4.69, 9.17) is 0 Å². The molecule has 7 aliphatic carbocycles. The second kappa shape index (κ2) is 1.78. The minimum absolute atomic E-state index is 0.666. The Hall–Kier alpha value is 0. The minimum Gasteiger partial charge on any atom is -0.0433 e. The van der Waals surface area contributed by atoms with Gasteiger partial charge in [0.2, 0.25) is 0 Å². The molecule has 0 aromatic heterocycles. The Kier molecular flexibility index (Phi) is 0.860. The molecule has 0 N–H and O–H groups in total. The normalized spacial score (nSPS) is 83.3. The van der Waals surface area contributed by atoms with Crippen LogP contribution >= 0.6 is 0 Å². The predicted octanol–water partition coefficient (Wildman–Crippen LogP) is 3.69. The van der Waals surface area contributed by atoms with Crippen LogP contribution in [0, 0.1) is 51.8 Å². The Morgan fingerprint density at radius 1 is 0.529 bits per heavy atom. The fraction of sp³-hybridized carbons (Fsp3) is 0.941. The van der Waals surface area contributed by atoms with Crippen molar-refractivity contribution in [1.82, 2.24) is 0 Å². The summed E-state index contributed by atoms with van der Waals surface area (Å²) in [5, 5.41) is 0. The molecule has 0 amide bonds. The van der Waals surface area contributed by atoms with Gasteiger partial charge >= 0.3 is 0 Å². The van der Waals surface area contributed by atoms with Gasteiger partial charge in [0, 0.05) is 0 Å². The first-order valence-electron chi connectivity index (χ1n) is 8.01. The minimum atomic E-state index is 0.666. The van der Waals surface area contributed by atoms with E-state index in [1.165, 1.54) is 0 Å². The molecule has 0 saturated heterocycles. The maximum absolute atomic E-state index is 4.39. The van der Waals surface area contributed by atoms with Gasteiger partial charge in [-0.3, -0.25) is 0 Å². The highest BCUT2D eigenvalue weighted by Crippen LogP contribution is 2.98. The molecule has 0 aromatic carbocycles. The molecule has 17 heavy (non-hydrogen) atoms. The van der Waals surface area contributed by atoms with E-state index in [0.717, 1.165) is 34.5 Å². The summed E-state index contributed by atoms with van der Waals surface area (Å²) in [5.41, 5.74) is 2.96. The van der Waals surface area contributed by atoms with Crippen molar-refractivity contribution in [3.05, 3.63) is 6.42 Å². The third-order valence-corrected chi connectivity index (χ3v) is 9.45. The lowest BCUT2D eigenvalue weighted by molar-refractivity contribution is -0.0428. The molecule has 2 radical (unpaired) electrons. The first-order valence-corrected chi connectivity index (χ1v) is 8.01. The van der Waals surface area contributed by atoms with Crippen molar-refractivity contribution in [1.29, 1.82) is 0 Å². The van der Waals surface area contributed by atoms with Crippen molar-refractivity contribution in [2.75, 3.05) is 0 Å². The maximum Gasteiger partial charge on any atom is -0.00262 e. The number of fused-ring (bicyclic) bond motifs is 6. The van der Waals surface area contributed by atoms with Crippen LogP contribution in [0.3, 0.4) is 0 Å². The maximum atomic E-state index is 4.39. The van der Waals surface area contributed by atoms with Crippen LogP contribution in [-0.4, -0.2) is 0 Å². The van der Waals surface area contributed by atoms with Crippen molar-refractivity contribution in [3.8, 4) is 0 Å². The van der Waals surface area contributed by atoms with Gasteiger partial charge in [-0.15, -0.1) is 0 Å². The van der Waals surface area contributed by atoms with Gasteiger partial charge in [-0.05, 0) is 103 Å². The Morgan fingerprint density at radius 3 is 1.24 bits per heavy atom. The van der Waals surface area contributed by atoms with Crippen molar-refractivity contribution >= 4 is 0 Å². The third-order valence-electron chi connectivity index (χ3n) is 9.45. The highest BCUT2D eigenvalue weighted by molar-refractivity contribution is 5.44. The topological polar surface area (TPSA) is 0 Å². The Balaban J connectivity index is 1.72. The van der Waals surface area contributed by atoms with Crippen molar-refractivity contribution in [2.24, 2.45) is 45.3 Å². The Labute approximate surface area is 104 Å². The first-order chi connectivity index (χ1) is 8.22. The van der Waals surface area contributed by atoms with Crippen molar-refractivity contribution < 1.29 is 0 Å². The van der Waals surface area contributed by atoms with Crippen molar-refractivity contribution in [3.63, 3.8) is 0 Å². The molecule has 0 heteroatoms. The molecule has 2 spiro atoms. The molecule has 4 unspecified atom stereocenters. The van der Waals surface area contributed by atoms with Crippen LogP contribution in [0.1, 0.15) is 51.4 Å². The zero-order valence-electron chi connectivity index (χ0n) is 10.5. The molecule has 6 bridgehead atoms. The molecule has 4 atom stereocenters. The predicted molar refractivity (Wildman–Crippen MR) is 63.9 cm³/mol. The van der Waals surface area contributed by atoms with Gasteiger partial charge in [0.05, 0.1) is 0 Å². The summed E-state index contributed by atoms with van der Waals surface area (Å²) >= 11 is 0. The van der Waals surface area contributed by atoms with Crippen LogP contribution in [-0.2, 0) is 0 Å². The third kappa shape index (κ3) is 0.478. The Morgan fingerprint density at radius 2 is 0.882 bits per heavy atom. The average Bonchev–Trinajstić information content (AvgIpc) is 2.76. The zero-order valence-corrected chi connectivity index (χ0v) is 10.5. The monoisotopic (exact) mass is 224 g/mol. The van der Waals surface area contributed by atoms with E-state index in [2.05, 4.69) is 6.42 Å². The SMILES string of the molecule is [C]1C23CC4CC25CC(C3)C2CC13CC4CC35C2. The van der Waals surface area contributed by atoms with E-state index in [9.17, 15) is 0 Å². The number of hydrogen-bond donors (Lipinski definition) is 0. The largest absolute Gasteiger partial charge is 0.0433 e. The molecular weight excluding hydrogens is 204 g/mol. The van der Waals surface area contributed by atoms with Crippen LogP contribution < -0.4 is 0 Å². The first kappa shape index (κ1) is 8.23. The molecule has 0 aliphatic heterocycles. The van der Waals surface area contributed by atoms with Crippen LogP contribution in [0.2, 0.25) is 0 Å². The highest BCUT2D eigenvalue weighted by atomic mass is 14.9. The van der Waals surface area contributed by atoms with Crippen LogP contribution in [0.25, 0.3) is 0 Å². The summed E-state index contributed by atoms with van der Waals surface area (Å²) in [6.45, 7) is 0. The molecule has 7 rings (SSSR count). The van der Waals surface area contributed by atoms with E-state index in [-0.39, 0.29) is 0 Å². The van der Waals surface area contributed by atoms with Gasteiger partial charge in [0.15, 0.2) is 0 Å². The lowest BCUT2D eigenvalue weighted by atomic mass is 9.52. The molecule has 0 heterocycles. The highest BCUT2D eigenvalue weighted by Gasteiger charge is 2.90. The van der Waals surface area contributed by atoms with E-state index in [1.807, 2.05) is 0 Å². The fourth-order valence-electron chi connectivity index (χ4n) is 9.70. The summed E-state index contributed by atoms with van der Waals surface area (Å²) in [6, 6.07) is 0. The van der Waals surface area contributed by atoms with E-state index in [0.29, 0.717) is 10.8 Å². The zero-order chi connectivity index (χ0) is 10.7. The molecular formula is C17H20. The standard InChI is InChI=1S/C17H20/c1-10-5-16-7-12-2-14(1,16)9-15-3-11(10)6-17(15,16)8-13(12)4-15/h10-13H,1-8H2.